The largest absolute Gasteiger partial charge is 0.380 e. The molecular formula is C8H7N2O4P. The molecule has 2 rings (SSSR count). The topological polar surface area (TPSA) is 103 Å². The number of aromatic amines is 1. The maximum atomic E-state index is 11.3. The molecule has 0 unspecified atom stereocenters. The summed E-state index contributed by atoms with van der Waals surface area (Å²) in [5.74, 6) is 0. The van der Waals surface area contributed by atoms with Gasteiger partial charge in [0.2, 0.25) is 5.44 Å². The molecule has 78 valence electrons. The summed E-state index contributed by atoms with van der Waals surface area (Å²) in [7, 11) is -4.61. The molecule has 0 spiro atoms. The summed E-state index contributed by atoms with van der Waals surface area (Å²) >= 11 is 0. The molecule has 0 aliphatic heterocycles. The summed E-state index contributed by atoms with van der Waals surface area (Å²) in [6.45, 7) is 0. The van der Waals surface area contributed by atoms with E-state index in [4.69, 9.17) is 9.79 Å². The predicted octanol–water partition coefficient (Wildman–Crippen LogP) is -0.274. The summed E-state index contributed by atoms with van der Waals surface area (Å²) in [6, 6.07) is 6.52. The normalized spacial score (nSPS) is 11.9. The number of nitrogens with zero attached hydrogens (tertiary/aromatic N) is 1. The lowest BCUT2D eigenvalue weighted by atomic mass is 10.3. The van der Waals surface area contributed by atoms with Crippen molar-refractivity contribution < 1.29 is 14.4 Å². The molecule has 0 saturated heterocycles. The number of hydrogen-bond acceptors (Lipinski definition) is 3. The Morgan fingerprint density at radius 1 is 1.27 bits per heavy atom. The van der Waals surface area contributed by atoms with Crippen molar-refractivity contribution in [3.05, 3.63) is 34.6 Å². The highest BCUT2D eigenvalue weighted by Crippen LogP contribution is 2.30. The average Bonchev–Trinajstić information content (AvgIpc) is 2.15. The second-order valence-electron chi connectivity index (χ2n) is 2.95. The van der Waals surface area contributed by atoms with Crippen LogP contribution in [0.5, 0.6) is 0 Å². The molecule has 15 heavy (non-hydrogen) atoms. The summed E-state index contributed by atoms with van der Waals surface area (Å²) in [6.07, 6.45) is 0. The highest BCUT2D eigenvalue weighted by Gasteiger charge is 2.23. The van der Waals surface area contributed by atoms with E-state index in [-0.39, 0.29) is 0 Å². The van der Waals surface area contributed by atoms with Crippen molar-refractivity contribution in [3.63, 3.8) is 0 Å². The summed E-state index contributed by atoms with van der Waals surface area (Å²) in [5, 5.41) is 0. The number of fused-ring (bicyclic) bond motifs is 1. The van der Waals surface area contributed by atoms with Crippen molar-refractivity contribution in [2.75, 3.05) is 0 Å². The smallest absolute Gasteiger partial charge is 0.320 e. The van der Waals surface area contributed by atoms with E-state index in [1.54, 1.807) is 24.3 Å². The van der Waals surface area contributed by atoms with E-state index in [9.17, 15) is 9.36 Å². The Balaban J connectivity index is 2.85. The van der Waals surface area contributed by atoms with Gasteiger partial charge in [-0.2, -0.15) is 0 Å². The summed E-state index contributed by atoms with van der Waals surface area (Å²) in [4.78, 5) is 35.0. The van der Waals surface area contributed by atoms with E-state index in [0.717, 1.165) is 0 Å². The van der Waals surface area contributed by atoms with Gasteiger partial charge in [-0.3, -0.25) is 9.36 Å². The molecule has 0 bridgehead atoms. The number of H-pyrrole nitrogens is 1. The van der Waals surface area contributed by atoms with Gasteiger partial charge in [0.1, 0.15) is 0 Å². The summed E-state index contributed by atoms with van der Waals surface area (Å²) < 4.78 is 10.9. The van der Waals surface area contributed by atoms with E-state index in [0.29, 0.717) is 11.0 Å². The number of benzene rings is 1. The van der Waals surface area contributed by atoms with E-state index >= 15 is 0 Å². The third kappa shape index (κ3) is 1.83. The highest BCUT2D eigenvalue weighted by molar-refractivity contribution is 7.59. The fourth-order valence-electron chi connectivity index (χ4n) is 1.22. The predicted molar refractivity (Wildman–Crippen MR) is 54.0 cm³/mol. The zero-order chi connectivity index (χ0) is 11.1. The van der Waals surface area contributed by atoms with Crippen molar-refractivity contribution in [2.45, 2.75) is 0 Å². The first-order chi connectivity index (χ1) is 6.98. The van der Waals surface area contributed by atoms with Crippen LogP contribution in [0.2, 0.25) is 0 Å². The van der Waals surface area contributed by atoms with Gasteiger partial charge in [0.25, 0.3) is 5.56 Å². The van der Waals surface area contributed by atoms with E-state index in [1.807, 2.05) is 0 Å². The molecule has 1 aromatic carbocycles. The Kier molecular flexibility index (Phi) is 2.19. The number of para-hydroxylation sites is 2. The van der Waals surface area contributed by atoms with Crippen molar-refractivity contribution in [2.24, 2.45) is 0 Å². The van der Waals surface area contributed by atoms with Crippen molar-refractivity contribution in [1.29, 1.82) is 0 Å². The lowest BCUT2D eigenvalue weighted by Crippen LogP contribution is -2.30. The van der Waals surface area contributed by atoms with Crippen LogP contribution in [0.15, 0.2) is 29.1 Å². The SMILES string of the molecule is O=c1[nH]c2ccccc2nc1P(=O)(O)O. The first-order valence-electron chi connectivity index (χ1n) is 4.03. The quantitative estimate of drug-likeness (QED) is 0.580. The second kappa shape index (κ2) is 3.27. The Bertz CT molecular complexity index is 615. The van der Waals surface area contributed by atoms with Crippen LogP contribution >= 0.6 is 7.60 Å². The molecule has 0 radical (unpaired) electrons. The number of hydrogen-bond donors (Lipinski definition) is 3. The number of aromatic nitrogens is 2. The monoisotopic (exact) mass is 226 g/mol. The molecule has 0 fully saturated rings. The van der Waals surface area contributed by atoms with Crippen LogP contribution in [0.1, 0.15) is 0 Å². The van der Waals surface area contributed by atoms with Crippen LogP contribution < -0.4 is 11.0 Å². The fourth-order valence-corrected chi connectivity index (χ4v) is 1.78. The first kappa shape index (κ1) is 10.0. The first-order valence-corrected chi connectivity index (χ1v) is 5.65. The Labute approximate surface area is 83.8 Å². The van der Waals surface area contributed by atoms with Crippen LogP contribution in [-0.4, -0.2) is 19.8 Å². The molecule has 0 aliphatic rings. The van der Waals surface area contributed by atoms with E-state index in [2.05, 4.69) is 9.97 Å². The lowest BCUT2D eigenvalue weighted by molar-refractivity contribution is 0.386. The third-order valence-electron chi connectivity index (χ3n) is 1.86. The molecule has 0 amide bonds. The molecule has 6 nitrogen and oxygen atoms in total. The Hall–Kier alpha value is -1.49. The minimum atomic E-state index is -4.61. The molecule has 1 heterocycles. The second-order valence-corrected chi connectivity index (χ2v) is 4.46. The maximum Gasteiger partial charge on any atom is 0.380 e. The van der Waals surface area contributed by atoms with E-state index in [1.165, 1.54) is 0 Å². The van der Waals surface area contributed by atoms with Crippen LogP contribution in [0.25, 0.3) is 11.0 Å². The Morgan fingerprint density at radius 3 is 2.60 bits per heavy atom. The molecule has 0 saturated carbocycles. The van der Waals surface area contributed by atoms with Gasteiger partial charge in [-0.15, -0.1) is 0 Å². The summed E-state index contributed by atoms with van der Waals surface area (Å²) in [5.41, 5.74) is -0.821. The van der Waals surface area contributed by atoms with Crippen LogP contribution in [-0.2, 0) is 4.57 Å². The third-order valence-corrected chi connectivity index (χ3v) is 2.71. The van der Waals surface area contributed by atoms with Crippen molar-refractivity contribution in [3.8, 4) is 0 Å². The van der Waals surface area contributed by atoms with Crippen molar-refractivity contribution in [1.82, 2.24) is 9.97 Å². The van der Waals surface area contributed by atoms with Gasteiger partial charge in [-0.1, -0.05) is 12.1 Å². The number of nitrogens with one attached hydrogen (secondary N) is 1. The van der Waals surface area contributed by atoms with Gasteiger partial charge < -0.3 is 14.8 Å². The lowest BCUT2D eigenvalue weighted by Gasteiger charge is -2.03. The maximum absolute atomic E-state index is 11.3. The molecule has 1 aromatic heterocycles. The van der Waals surface area contributed by atoms with Crippen LogP contribution in [0, 0.1) is 0 Å². The molecular weight excluding hydrogens is 219 g/mol. The number of rotatable bonds is 1. The van der Waals surface area contributed by atoms with Gasteiger partial charge in [0, 0.05) is 0 Å². The molecule has 0 atom stereocenters. The van der Waals surface area contributed by atoms with Crippen LogP contribution in [0.4, 0.5) is 0 Å². The Morgan fingerprint density at radius 2 is 1.93 bits per heavy atom. The molecule has 0 aliphatic carbocycles. The molecule has 7 heteroatoms. The van der Waals surface area contributed by atoms with Gasteiger partial charge in [-0.25, -0.2) is 4.98 Å². The van der Waals surface area contributed by atoms with Gasteiger partial charge in [-0.05, 0) is 12.1 Å². The average molecular weight is 226 g/mol. The van der Waals surface area contributed by atoms with Gasteiger partial charge >= 0.3 is 7.60 Å². The fraction of sp³-hybridized carbons (Fsp3) is 0. The van der Waals surface area contributed by atoms with Crippen LogP contribution in [0.3, 0.4) is 0 Å². The van der Waals surface area contributed by atoms with E-state index < -0.39 is 18.6 Å². The molecule has 3 N–H and O–H groups in total. The minimum absolute atomic E-state index is 0.343. The van der Waals surface area contributed by atoms with Crippen molar-refractivity contribution >= 4 is 24.1 Å². The zero-order valence-corrected chi connectivity index (χ0v) is 8.31. The molecule has 2 aromatic rings. The van der Waals surface area contributed by atoms with Gasteiger partial charge in [0.05, 0.1) is 11.0 Å². The standard InChI is InChI=1S/C8H7N2O4P/c11-7-8(15(12,13)14)10-6-4-2-1-3-5(6)9-7/h1-4H,(H,9,11)(H2,12,13,14). The zero-order valence-electron chi connectivity index (χ0n) is 7.41. The highest BCUT2D eigenvalue weighted by atomic mass is 31.2. The minimum Gasteiger partial charge on any atom is -0.320 e. The van der Waals surface area contributed by atoms with Gasteiger partial charge in [0.15, 0.2) is 0 Å².